The van der Waals surface area contributed by atoms with Crippen LogP contribution in [0.1, 0.15) is 23.7 Å². The molecule has 5 rings (SSSR count). The number of carbonyl (C=O) groups excluding carboxylic acids is 1. The Morgan fingerprint density at radius 1 is 1.09 bits per heavy atom. The maximum absolute atomic E-state index is 13.0. The number of aryl methyl sites for hydroxylation is 1. The fraction of sp³-hybridized carbons (Fsp3) is 0.286. The molecule has 0 spiro atoms. The van der Waals surface area contributed by atoms with Crippen LogP contribution in [-0.2, 0) is 11.3 Å². The number of benzene rings is 3. The van der Waals surface area contributed by atoms with Gasteiger partial charge in [-0.2, -0.15) is 0 Å². The summed E-state index contributed by atoms with van der Waals surface area (Å²) in [5.41, 5.74) is 3.64. The van der Waals surface area contributed by atoms with E-state index in [9.17, 15) is 9.90 Å². The van der Waals surface area contributed by atoms with Gasteiger partial charge in [0, 0.05) is 18.9 Å². The standard InChI is InChI=1S/C28H29N3O4/c1-19-8-7-9-22(14-19)35-18-21(32)17-31-24-11-4-3-10-23(24)29-28(31)20-15-27(33)30(16-20)25-12-5-6-13-26(25)34-2/h3-14,20-21,32H,15-18H2,1-2H3. The van der Waals surface area contributed by atoms with Gasteiger partial charge in [-0.25, -0.2) is 4.98 Å². The lowest BCUT2D eigenvalue weighted by Gasteiger charge is -2.20. The van der Waals surface area contributed by atoms with Gasteiger partial charge in [0.05, 0.1) is 30.4 Å². The van der Waals surface area contributed by atoms with Crippen LogP contribution < -0.4 is 14.4 Å². The predicted molar refractivity (Wildman–Crippen MR) is 135 cm³/mol. The van der Waals surface area contributed by atoms with E-state index in [-0.39, 0.29) is 18.4 Å². The minimum Gasteiger partial charge on any atom is -0.495 e. The molecule has 1 N–H and O–H groups in total. The van der Waals surface area contributed by atoms with Gasteiger partial charge in [0.2, 0.25) is 5.91 Å². The van der Waals surface area contributed by atoms with E-state index in [1.165, 1.54) is 0 Å². The van der Waals surface area contributed by atoms with Gasteiger partial charge < -0.3 is 24.0 Å². The number of imidazole rings is 1. The minimum absolute atomic E-state index is 0.0291. The van der Waals surface area contributed by atoms with Crippen molar-refractivity contribution in [3.63, 3.8) is 0 Å². The van der Waals surface area contributed by atoms with Gasteiger partial charge in [-0.1, -0.05) is 36.4 Å². The first-order chi connectivity index (χ1) is 17.0. The molecule has 0 bridgehead atoms. The lowest BCUT2D eigenvalue weighted by Crippen LogP contribution is -2.26. The quantitative estimate of drug-likeness (QED) is 0.414. The molecule has 2 heterocycles. The summed E-state index contributed by atoms with van der Waals surface area (Å²) in [7, 11) is 1.61. The highest BCUT2D eigenvalue weighted by molar-refractivity contribution is 5.97. The normalized spacial score (nSPS) is 16.6. The summed E-state index contributed by atoms with van der Waals surface area (Å²) in [4.78, 5) is 19.7. The van der Waals surface area contributed by atoms with Crippen LogP contribution in [0.15, 0.2) is 72.8 Å². The lowest BCUT2D eigenvalue weighted by molar-refractivity contribution is -0.117. The molecule has 35 heavy (non-hydrogen) atoms. The van der Waals surface area contributed by atoms with Crippen molar-refractivity contribution in [1.82, 2.24) is 9.55 Å². The number of aliphatic hydroxyl groups excluding tert-OH is 1. The average Bonchev–Trinajstić information content (AvgIpc) is 3.43. The van der Waals surface area contributed by atoms with Gasteiger partial charge in [-0.3, -0.25) is 4.79 Å². The molecule has 1 saturated heterocycles. The summed E-state index contributed by atoms with van der Waals surface area (Å²) < 4.78 is 13.3. The molecule has 180 valence electrons. The second kappa shape index (κ2) is 9.80. The first-order valence-corrected chi connectivity index (χ1v) is 11.8. The summed E-state index contributed by atoms with van der Waals surface area (Å²) in [5, 5.41) is 10.9. The first-order valence-electron chi connectivity index (χ1n) is 11.8. The monoisotopic (exact) mass is 471 g/mol. The third kappa shape index (κ3) is 4.72. The number of aliphatic hydroxyl groups is 1. The van der Waals surface area contributed by atoms with Crippen molar-refractivity contribution >= 4 is 22.6 Å². The van der Waals surface area contributed by atoms with Crippen LogP contribution in [0.3, 0.4) is 0 Å². The zero-order valence-electron chi connectivity index (χ0n) is 19.9. The Morgan fingerprint density at radius 2 is 1.89 bits per heavy atom. The van der Waals surface area contributed by atoms with Crippen molar-refractivity contribution in [2.75, 3.05) is 25.2 Å². The summed E-state index contributed by atoms with van der Waals surface area (Å²) >= 11 is 0. The van der Waals surface area contributed by atoms with Crippen LogP contribution in [0.5, 0.6) is 11.5 Å². The molecule has 2 atom stereocenters. The molecule has 1 aliphatic heterocycles. The summed E-state index contributed by atoms with van der Waals surface area (Å²) in [6.07, 6.45) is -0.397. The minimum atomic E-state index is -0.741. The molecule has 0 radical (unpaired) electrons. The van der Waals surface area contributed by atoms with Gasteiger partial charge in [-0.15, -0.1) is 0 Å². The predicted octanol–water partition coefficient (Wildman–Crippen LogP) is 4.31. The maximum Gasteiger partial charge on any atom is 0.227 e. The number of ether oxygens (including phenoxy) is 2. The fourth-order valence-electron chi connectivity index (χ4n) is 4.72. The van der Waals surface area contributed by atoms with Crippen molar-refractivity contribution in [3.8, 4) is 11.5 Å². The number of methoxy groups -OCH3 is 1. The first kappa shape index (κ1) is 22.9. The number of carbonyl (C=O) groups is 1. The molecule has 4 aromatic rings. The van der Waals surface area contributed by atoms with Crippen LogP contribution in [-0.4, -0.2) is 46.9 Å². The summed E-state index contributed by atoms with van der Waals surface area (Å²) in [6.45, 7) is 2.98. The molecular weight excluding hydrogens is 442 g/mol. The van der Waals surface area contributed by atoms with E-state index in [2.05, 4.69) is 0 Å². The Bertz CT molecular complexity index is 1350. The number of amides is 1. The zero-order chi connectivity index (χ0) is 24.4. The third-order valence-electron chi connectivity index (χ3n) is 6.38. The van der Waals surface area contributed by atoms with E-state index in [1.807, 2.05) is 84.3 Å². The van der Waals surface area contributed by atoms with Crippen LogP contribution in [0.25, 0.3) is 11.0 Å². The molecule has 2 unspecified atom stereocenters. The van der Waals surface area contributed by atoms with Crippen molar-refractivity contribution in [2.24, 2.45) is 0 Å². The topological polar surface area (TPSA) is 76.8 Å². The highest BCUT2D eigenvalue weighted by atomic mass is 16.5. The van der Waals surface area contributed by atoms with E-state index >= 15 is 0 Å². The molecule has 1 amide bonds. The Hall–Kier alpha value is -3.84. The number of anilines is 1. The number of hydrogen-bond acceptors (Lipinski definition) is 5. The molecule has 1 aliphatic rings. The smallest absolute Gasteiger partial charge is 0.227 e. The largest absolute Gasteiger partial charge is 0.495 e. The van der Waals surface area contributed by atoms with Crippen molar-refractivity contribution in [1.29, 1.82) is 0 Å². The van der Waals surface area contributed by atoms with Crippen LogP contribution in [0, 0.1) is 6.92 Å². The molecule has 3 aromatic carbocycles. The number of nitrogens with zero attached hydrogens (tertiary/aromatic N) is 3. The van der Waals surface area contributed by atoms with Crippen LogP contribution >= 0.6 is 0 Å². The molecule has 7 heteroatoms. The molecule has 1 aromatic heterocycles. The van der Waals surface area contributed by atoms with Gasteiger partial charge >= 0.3 is 0 Å². The molecule has 0 saturated carbocycles. The number of fused-ring (bicyclic) bond motifs is 1. The Kier molecular flexibility index (Phi) is 6.42. The number of para-hydroxylation sites is 4. The average molecular weight is 472 g/mol. The number of hydrogen-bond donors (Lipinski definition) is 1. The van der Waals surface area contributed by atoms with Gasteiger partial charge in [-0.05, 0) is 48.9 Å². The van der Waals surface area contributed by atoms with Crippen LogP contribution in [0.2, 0.25) is 0 Å². The van der Waals surface area contributed by atoms with Gasteiger partial charge in [0.15, 0.2) is 0 Å². The zero-order valence-corrected chi connectivity index (χ0v) is 19.9. The SMILES string of the molecule is COc1ccccc1N1CC(c2nc3ccccc3n2CC(O)COc2cccc(C)c2)CC1=O. The Balaban J connectivity index is 1.39. The molecular formula is C28H29N3O4. The fourth-order valence-corrected chi connectivity index (χ4v) is 4.72. The second-order valence-electron chi connectivity index (χ2n) is 8.93. The Morgan fingerprint density at radius 3 is 2.71 bits per heavy atom. The molecule has 0 aliphatic carbocycles. The van der Waals surface area contributed by atoms with E-state index in [0.29, 0.717) is 25.3 Å². The third-order valence-corrected chi connectivity index (χ3v) is 6.38. The highest BCUT2D eigenvalue weighted by Gasteiger charge is 2.36. The van der Waals surface area contributed by atoms with Gasteiger partial charge in [0.1, 0.15) is 30.0 Å². The van der Waals surface area contributed by atoms with E-state index in [4.69, 9.17) is 14.5 Å². The lowest BCUT2D eigenvalue weighted by atomic mass is 10.1. The Labute approximate surface area is 204 Å². The van der Waals surface area contributed by atoms with Crippen molar-refractivity contribution in [3.05, 3.63) is 84.2 Å². The highest BCUT2D eigenvalue weighted by Crippen LogP contribution is 2.37. The van der Waals surface area contributed by atoms with Gasteiger partial charge in [0.25, 0.3) is 0 Å². The molecule has 1 fully saturated rings. The van der Waals surface area contributed by atoms with E-state index < -0.39 is 6.10 Å². The summed E-state index contributed by atoms with van der Waals surface area (Å²) in [5.74, 6) is 2.12. The van der Waals surface area contributed by atoms with Crippen molar-refractivity contribution < 1.29 is 19.4 Å². The van der Waals surface area contributed by atoms with E-state index in [0.717, 1.165) is 33.9 Å². The number of rotatable bonds is 8. The summed E-state index contributed by atoms with van der Waals surface area (Å²) in [6, 6.07) is 23.2. The second-order valence-corrected chi connectivity index (χ2v) is 8.93. The maximum atomic E-state index is 13.0. The number of aromatic nitrogens is 2. The van der Waals surface area contributed by atoms with E-state index in [1.54, 1.807) is 12.0 Å². The molecule has 7 nitrogen and oxygen atoms in total. The van der Waals surface area contributed by atoms with Crippen LogP contribution in [0.4, 0.5) is 5.69 Å². The van der Waals surface area contributed by atoms with Crippen molar-refractivity contribution in [2.45, 2.75) is 31.9 Å².